The van der Waals surface area contributed by atoms with Gasteiger partial charge in [0.25, 0.3) is 0 Å². The lowest BCUT2D eigenvalue weighted by molar-refractivity contribution is -0.134. The van der Waals surface area contributed by atoms with Gasteiger partial charge < -0.3 is 14.6 Å². The van der Waals surface area contributed by atoms with Crippen LogP contribution in [0.3, 0.4) is 0 Å². The zero-order valence-electron chi connectivity index (χ0n) is 9.66. The molecule has 0 atom stereocenters. The van der Waals surface area contributed by atoms with Crippen LogP contribution in [0.1, 0.15) is 26.7 Å². The molecule has 1 aliphatic rings. The van der Waals surface area contributed by atoms with Crippen LogP contribution in [-0.2, 0) is 9.59 Å². The lowest BCUT2D eigenvalue weighted by atomic mass is 10.2. The SMILES string of the molecule is CCN1CCN(C(=O)CCC(C)=O)CC1. The Balaban J connectivity index is 2.27. The van der Waals surface area contributed by atoms with Crippen LogP contribution in [0.25, 0.3) is 0 Å². The largest absolute Gasteiger partial charge is 0.340 e. The molecule has 0 spiro atoms. The number of carbonyl (C=O) groups is 2. The van der Waals surface area contributed by atoms with Gasteiger partial charge >= 0.3 is 0 Å². The maximum Gasteiger partial charge on any atom is 0.223 e. The summed E-state index contributed by atoms with van der Waals surface area (Å²) in [7, 11) is 0. The highest BCUT2D eigenvalue weighted by Gasteiger charge is 2.19. The number of likely N-dealkylation sites (N-methyl/N-ethyl adjacent to an activating group) is 1. The number of rotatable bonds is 4. The number of hydrogen-bond acceptors (Lipinski definition) is 3. The van der Waals surface area contributed by atoms with Gasteiger partial charge in [-0.1, -0.05) is 6.92 Å². The maximum atomic E-state index is 11.7. The second kappa shape index (κ2) is 5.85. The molecule has 1 amide bonds. The molecule has 1 saturated heterocycles. The first kappa shape index (κ1) is 12.2. The second-order valence-electron chi connectivity index (χ2n) is 4.02. The summed E-state index contributed by atoms with van der Waals surface area (Å²) < 4.78 is 0. The average Bonchev–Trinajstić information content (AvgIpc) is 2.26. The van der Waals surface area contributed by atoms with Crippen LogP contribution in [-0.4, -0.2) is 54.2 Å². The van der Waals surface area contributed by atoms with Crippen molar-refractivity contribution in [2.24, 2.45) is 0 Å². The summed E-state index contributed by atoms with van der Waals surface area (Å²) in [5.41, 5.74) is 0. The van der Waals surface area contributed by atoms with Crippen molar-refractivity contribution >= 4 is 11.7 Å². The fraction of sp³-hybridized carbons (Fsp3) is 0.818. The van der Waals surface area contributed by atoms with Crippen LogP contribution in [0.2, 0.25) is 0 Å². The van der Waals surface area contributed by atoms with E-state index in [0.717, 1.165) is 32.7 Å². The average molecular weight is 212 g/mol. The van der Waals surface area contributed by atoms with Crippen molar-refractivity contribution in [1.29, 1.82) is 0 Å². The Morgan fingerprint density at radius 2 is 1.67 bits per heavy atom. The molecule has 15 heavy (non-hydrogen) atoms. The molecule has 0 bridgehead atoms. The third kappa shape index (κ3) is 4.00. The number of hydrogen-bond donors (Lipinski definition) is 0. The fourth-order valence-electron chi connectivity index (χ4n) is 1.75. The van der Waals surface area contributed by atoms with Gasteiger partial charge in [0.05, 0.1) is 0 Å². The van der Waals surface area contributed by atoms with Crippen molar-refractivity contribution in [2.75, 3.05) is 32.7 Å². The summed E-state index contributed by atoms with van der Waals surface area (Å²) in [5, 5.41) is 0. The summed E-state index contributed by atoms with van der Waals surface area (Å²) in [6, 6.07) is 0. The van der Waals surface area contributed by atoms with Crippen molar-refractivity contribution < 1.29 is 9.59 Å². The van der Waals surface area contributed by atoms with Gasteiger partial charge in [-0.3, -0.25) is 4.79 Å². The molecule has 86 valence electrons. The molecular formula is C11H20N2O2. The molecule has 0 radical (unpaired) electrons. The molecular weight excluding hydrogens is 192 g/mol. The van der Waals surface area contributed by atoms with Crippen molar-refractivity contribution in [3.05, 3.63) is 0 Å². The van der Waals surface area contributed by atoms with E-state index >= 15 is 0 Å². The van der Waals surface area contributed by atoms with Gasteiger partial charge in [-0.2, -0.15) is 0 Å². The minimum absolute atomic E-state index is 0.0931. The van der Waals surface area contributed by atoms with Crippen molar-refractivity contribution in [2.45, 2.75) is 26.7 Å². The summed E-state index contributed by atoms with van der Waals surface area (Å²) in [6.07, 6.45) is 0.758. The van der Waals surface area contributed by atoms with E-state index in [9.17, 15) is 9.59 Å². The highest BCUT2D eigenvalue weighted by molar-refractivity contribution is 5.83. The molecule has 4 nitrogen and oxygen atoms in total. The molecule has 1 fully saturated rings. The monoisotopic (exact) mass is 212 g/mol. The molecule has 0 aliphatic carbocycles. The first-order valence-electron chi connectivity index (χ1n) is 5.63. The normalized spacial score (nSPS) is 17.9. The van der Waals surface area contributed by atoms with E-state index in [1.54, 1.807) is 0 Å². The molecule has 0 unspecified atom stereocenters. The van der Waals surface area contributed by atoms with Crippen molar-refractivity contribution in [1.82, 2.24) is 9.80 Å². The van der Waals surface area contributed by atoms with Gasteiger partial charge in [-0.05, 0) is 13.5 Å². The van der Waals surface area contributed by atoms with Crippen LogP contribution >= 0.6 is 0 Å². The lowest BCUT2D eigenvalue weighted by Crippen LogP contribution is -2.48. The van der Waals surface area contributed by atoms with Crippen LogP contribution in [0.5, 0.6) is 0 Å². The number of nitrogens with zero attached hydrogens (tertiary/aromatic N) is 2. The summed E-state index contributed by atoms with van der Waals surface area (Å²) in [6.45, 7) is 8.25. The van der Waals surface area contributed by atoms with Crippen molar-refractivity contribution in [3.63, 3.8) is 0 Å². The highest BCUT2D eigenvalue weighted by Crippen LogP contribution is 2.04. The lowest BCUT2D eigenvalue weighted by Gasteiger charge is -2.34. The summed E-state index contributed by atoms with van der Waals surface area (Å²) in [4.78, 5) is 26.6. The molecule has 0 aromatic rings. The zero-order chi connectivity index (χ0) is 11.3. The van der Waals surface area contributed by atoms with E-state index < -0.39 is 0 Å². The predicted octanol–water partition coefficient (Wildman–Crippen LogP) is 0.520. The van der Waals surface area contributed by atoms with Gasteiger partial charge in [0, 0.05) is 39.0 Å². The summed E-state index contributed by atoms with van der Waals surface area (Å²) in [5.74, 6) is 0.219. The first-order chi connectivity index (χ1) is 7.13. The van der Waals surface area contributed by atoms with Crippen LogP contribution in [0, 0.1) is 0 Å². The Hall–Kier alpha value is -0.900. The molecule has 0 aromatic heterocycles. The van der Waals surface area contributed by atoms with E-state index in [1.165, 1.54) is 6.92 Å². The van der Waals surface area contributed by atoms with E-state index in [1.807, 2.05) is 4.90 Å². The molecule has 0 N–H and O–H groups in total. The van der Waals surface area contributed by atoms with E-state index in [4.69, 9.17) is 0 Å². The van der Waals surface area contributed by atoms with Gasteiger partial charge in [0.1, 0.15) is 5.78 Å². The maximum absolute atomic E-state index is 11.7. The summed E-state index contributed by atoms with van der Waals surface area (Å²) >= 11 is 0. The predicted molar refractivity (Wildman–Crippen MR) is 58.6 cm³/mol. The van der Waals surface area contributed by atoms with E-state index in [-0.39, 0.29) is 11.7 Å². The Bertz CT molecular complexity index is 233. The zero-order valence-corrected chi connectivity index (χ0v) is 9.66. The van der Waals surface area contributed by atoms with Gasteiger partial charge in [0.15, 0.2) is 0 Å². The molecule has 4 heteroatoms. The number of piperazine rings is 1. The Kier molecular flexibility index (Phi) is 4.75. The minimum atomic E-state index is 0.0931. The van der Waals surface area contributed by atoms with Gasteiger partial charge in [0.2, 0.25) is 5.91 Å². The number of carbonyl (C=O) groups excluding carboxylic acids is 2. The molecule has 0 aromatic carbocycles. The smallest absolute Gasteiger partial charge is 0.223 e. The topological polar surface area (TPSA) is 40.6 Å². The molecule has 1 heterocycles. The Morgan fingerprint density at radius 3 is 2.13 bits per heavy atom. The molecule has 1 aliphatic heterocycles. The fourth-order valence-corrected chi connectivity index (χ4v) is 1.75. The standard InChI is InChI=1S/C11H20N2O2/c1-3-12-6-8-13(9-7-12)11(15)5-4-10(2)14/h3-9H2,1-2H3. The molecule has 0 saturated carbocycles. The van der Waals surface area contributed by atoms with Crippen molar-refractivity contribution in [3.8, 4) is 0 Å². The Labute approximate surface area is 91.2 Å². The van der Waals surface area contributed by atoms with Gasteiger partial charge in [-0.15, -0.1) is 0 Å². The van der Waals surface area contributed by atoms with E-state index in [0.29, 0.717) is 12.8 Å². The number of Topliss-reactive ketones (excluding diaryl/α,β-unsaturated/α-hetero) is 1. The highest BCUT2D eigenvalue weighted by atomic mass is 16.2. The van der Waals surface area contributed by atoms with Crippen LogP contribution in [0.4, 0.5) is 0 Å². The molecule has 1 rings (SSSR count). The quantitative estimate of drug-likeness (QED) is 0.682. The number of ketones is 1. The van der Waals surface area contributed by atoms with Crippen LogP contribution < -0.4 is 0 Å². The Morgan fingerprint density at radius 1 is 1.07 bits per heavy atom. The second-order valence-corrected chi connectivity index (χ2v) is 4.02. The van der Waals surface area contributed by atoms with Crippen LogP contribution in [0.15, 0.2) is 0 Å². The third-order valence-corrected chi connectivity index (χ3v) is 2.86. The third-order valence-electron chi connectivity index (χ3n) is 2.86. The number of amides is 1. The first-order valence-corrected chi connectivity index (χ1v) is 5.63. The van der Waals surface area contributed by atoms with Gasteiger partial charge in [-0.25, -0.2) is 0 Å². The minimum Gasteiger partial charge on any atom is -0.340 e. The van der Waals surface area contributed by atoms with E-state index in [2.05, 4.69) is 11.8 Å².